The second kappa shape index (κ2) is 17.0. The maximum absolute atomic E-state index is 11.2. The van der Waals surface area contributed by atoms with E-state index in [-0.39, 0.29) is 50.4 Å². The molecule has 6 heteroatoms. The number of allylic oxidation sites excluding steroid dienone is 1. The Labute approximate surface area is 158 Å². The van der Waals surface area contributed by atoms with Crippen LogP contribution in [0.2, 0.25) is 0 Å². The van der Waals surface area contributed by atoms with Crippen molar-refractivity contribution in [1.29, 1.82) is 0 Å². The molecule has 0 saturated carbocycles. The monoisotopic (exact) mass is 323 g/mol. The summed E-state index contributed by atoms with van der Waals surface area (Å²) < 4.78 is 0. The topological polar surface area (TPSA) is 55.8 Å². The number of hydrogen-bond acceptors (Lipinski definition) is 5. The SMILES string of the molecule is CCCCCCCC=CCN(OC(=O)CC)OC(=O)CC.[H-].[Na+]. The molecule has 0 rings (SSSR count). The molecule has 124 valence electrons. The van der Waals surface area contributed by atoms with Crippen LogP contribution >= 0.6 is 0 Å². The Morgan fingerprint density at radius 3 is 1.95 bits per heavy atom. The summed E-state index contributed by atoms with van der Waals surface area (Å²) in [4.78, 5) is 32.4. The van der Waals surface area contributed by atoms with Gasteiger partial charge in [-0.15, -0.1) is 0 Å². The maximum Gasteiger partial charge on any atom is 1.00 e. The van der Waals surface area contributed by atoms with Crippen LogP contribution in [0.1, 0.15) is 73.6 Å². The predicted octanol–water partition coefficient (Wildman–Crippen LogP) is 1.06. The molecular weight excluding hydrogens is 293 g/mol. The summed E-state index contributed by atoms with van der Waals surface area (Å²) in [7, 11) is 0. The third-order valence-corrected chi connectivity index (χ3v) is 2.88. The van der Waals surface area contributed by atoms with E-state index in [9.17, 15) is 9.59 Å². The molecule has 0 amide bonds. The van der Waals surface area contributed by atoms with Crippen LogP contribution in [0.15, 0.2) is 12.2 Å². The van der Waals surface area contributed by atoms with Crippen LogP contribution in [0.4, 0.5) is 0 Å². The Morgan fingerprint density at radius 2 is 1.45 bits per heavy atom. The van der Waals surface area contributed by atoms with Crippen molar-refractivity contribution in [3.8, 4) is 0 Å². The van der Waals surface area contributed by atoms with Gasteiger partial charge < -0.3 is 11.1 Å². The van der Waals surface area contributed by atoms with Gasteiger partial charge in [-0.1, -0.05) is 58.6 Å². The number of carbonyl (C=O) groups excluding carboxylic acids is 2. The summed E-state index contributed by atoms with van der Waals surface area (Å²) in [5.74, 6) is -0.848. The molecule has 0 aliphatic heterocycles. The fourth-order valence-electron chi connectivity index (χ4n) is 1.59. The van der Waals surface area contributed by atoms with Gasteiger partial charge in [0, 0.05) is 18.1 Å². The van der Waals surface area contributed by atoms with Gasteiger partial charge in [-0.25, -0.2) is 0 Å². The summed E-state index contributed by atoms with van der Waals surface area (Å²) >= 11 is 0. The summed E-state index contributed by atoms with van der Waals surface area (Å²) in [6.45, 7) is 5.83. The molecule has 0 radical (unpaired) electrons. The fourth-order valence-corrected chi connectivity index (χ4v) is 1.59. The zero-order valence-corrected chi connectivity index (χ0v) is 16.6. The number of carbonyl (C=O) groups is 2. The maximum atomic E-state index is 11.2. The van der Waals surface area contributed by atoms with Gasteiger partial charge in [-0.05, 0) is 12.8 Å². The third-order valence-electron chi connectivity index (χ3n) is 2.88. The number of rotatable bonds is 12. The first kappa shape index (κ1) is 23.9. The van der Waals surface area contributed by atoms with Gasteiger partial charge in [0.15, 0.2) is 0 Å². The normalized spacial score (nSPS) is 10.5. The van der Waals surface area contributed by atoms with Gasteiger partial charge in [-0.3, -0.25) is 9.59 Å². The van der Waals surface area contributed by atoms with Crippen molar-refractivity contribution >= 4 is 11.9 Å². The average Bonchev–Trinajstić information content (AvgIpc) is 2.49. The molecule has 0 fully saturated rings. The molecule has 5 nitrogen and oxygen atoms in total. The van der Waals surface area contributed by atoms with Crippen molar-refractivity contribution in [1.82, 2.24) is 5.23 Å². The molecule has 0 atom stereocenters. The Balaban J connectivity index is -0.00000200. The van der Waals surface area contributed by atoms with Crippen LogP contribution < -0.4 is 29.6 Å². The first-order valence-corrected chi connectivity index (χ1v) is 7.98. The Morgan fingerprint density at radius 1 is 0.909 bits per heavy atom. The summed E-state index contributed by atoms with van der Waals surface area (Å²) in [5, 5.41) is 0.950. The zero-order valence-electron chi connectivity index (χ0n) is 15.6. The van der Waals surface area contributed by atoms with E-state index in [1.165, 1.54) is 25.7 Å². The quantitative estimate of drug-likeness (QED) is 0.233. The zero-order chi connectivity index (χ0) is 15.9. The van der Waals surface area contributed by atoms with Crippen LogP contribution in [0, 0.1) is 0 Å². The minimum Gasteiger partial charge on any atom is -1.00 e. The molecule has 0 N–H and O–H groups in total. The summed E-state index contributed by atoms with van der Waals surface area (Å²) in [6, 6.07) is 0. The molecule has 22 heavy (non-hydrogen) atoms. The second-order valence-corrected chi connectivity index (χ2v) is 4.82. The van der Waals surface area contributed by atoms with Crippen LogP contribution in [0.5, 0.6) is 0 Å². The predicted molar refractivity (Wildman–Crippen MR) is 83.1 cm³/mol. The van der Waals surface area contributed by atoms with Crippen molar-refractivity contribution in [2.75, 3.05) is 6.54 Å². The molecule has 0 spiro atoms. The number of hydroxylamine groups is 2. The molecule has 0 saturated heterocycles. The van der Waals surface area contributed by atoms with Gasteiger partial charge in [0.05, 0.1) is 6.54 Å². The van der Waals surface area contributed by atoms with Crippen molar-refractivity contribution in [3.63, 3.8) is 0 Å². The van der Waals surface area contributed by atoms with E-state index in [1.807, 2.05) is 12.2 Å². The summed E-state index contributed by atoms with van der Waals surface area (Å²) in [5.41, 5.74) is 0. The van der Waals surface area contributed by atoms with E-state index in [4.69, 9.17) is 9.68 Å². The van der Waals surface area contributed by atoms with Crippen LogP contribution in [0.3, 0.4) is 0 Å². The minimum atomic E-state index is -0.424. The molecule has 0 aromatic heterocycles. The molecule has 0 aromatic carbocycles. The largest absolute Gasteiger partial charge is 1.00 e. The van der Waals surface area contributed by atoms with E-state index in [0.717, 1.165) is 18.1 Å². The van der Waals surface area contributed by atoms with Gasteiger partial charge in [0.2, 0.25) is 0 Å². The first-order valence-electron chi connectivity index (χ1n) is 7.98. The fraction of sp³-hybridized carbons (Fsp3) is 0.750. The number of nitrogens with zero attached hydrogens (tertiary/aromatic N) is 1. The van der Waals surface area contributed by atoms with Gasteiger partial charge in [0.1, 0.15) is 0 Å². The van der Waals surface area contributed by atoms with Gasteiger partial charge in [0.25, 0.3) is 0 Å². The van der Waals surface area contributed by atoms with Crippen LogP contribution in [-0.2, 0) is 19.3 Å². The van der Waals surface area contributed by atoms with Crippen molar-refractivity contribution in [2.45, 2.75) is 72.1 Å². The second-order valence-electron chi connectivity index (χ2n) is 4.82. The van der Waals surface area contributed by atoms with Crippen LogP contribution in [0.25, 0.3) is 0 Å². The Kier molecular flexibility index (Phi) is 18.5. The average molecular weight is 323 g/mol. The molecule has 0 aliphatic rings. The van der Waals surface area contributed by atoms with Crippen molar-refractivity contribution < 1.29 is 50.2 Å². The third kappa shape index (κ3) is 14.6. The van der Waals surface area contributed by atoms with Crippen molar-refractivity contribution in [3.05, 3.63) is 12.2 Å². The van der Waals surface area contributed by atoms with E-state index in [1.54, 1.807) is 13.8 Å². The molecule has 0 aliphatic carbocycles. The molecular formula is C16H30NNaO4. The van der Waals surface area contributed by atoms with Gasteiger partial charge >= 0.3 is 41.5 Å². The minimum absolute atomic E-state index is 0. The summed E-state index contributed by atoms with van der Waals surface area (Å²) in [6.07, 6.45) is 11.5. The Bertz CT molecular complexity index is 309. The molecule has 0 heterocycles. The smallest absolute Gasteiger partial charge is 1.00 e. The number of hydrogen-bond donors (Lipinski definition) is 0. The first-order chi connectivity index (χ1) is 10.1. The van der Waals surface area contributed by atoms with E-state index < -0.39 is 11.9 Å². The Hall–Kier alpha value is -0.360. The van der Waals surface area contributed by atoms with E-state index >= 15 is 0 Å². The van der Waals surface area contributed by atoms with Crippen LogP contribution in [-0.4, -0.2) is 23.7 Å². The molecule has 0 unspecified atom stereocenters. The van der Waals surface area contributed by atoms with Crippen molar-refractivity contribution in [2.24, 2.45) is 0 Å². The number of unbranched alkanes of at least 4 members (excludes halogenated alkanes) is 5. The van der Waals surface area contributed by atoms with Gasteiger partial charge in [-0.2, -0.15) is 0 Å². The molecule has 0 bridgehead atoms. The molecule has 0 aromatic rings. The van der Waals surface area contributed by atoms with E-state index in [0.29, 0.717) is 0 Å². The van der Waals surface area contributed by atoms with E-state index in [2.05, 4.69) is 6.92 Å². The standard InChI is InChI=1S/C16H29NO4.Na.H/c1-4-7-8-9-10-11-12-13-14-17(20-15(18)5-2)21-16(19)6-3;;/h12-13H,4-11,14H2,1-3H3;;/q;+1;-1.